The molecule has 0 aliphatic heterocycles. The van der Waals surface area contributed by atoms with E-state index >= 15 is 0 Å². The molecule has 3 nitrogen and oxygen atoms in total. The van der Waals surface area contributed by atoms with Gasteiger partial charge in [0.2, 0.25) is 0 Å². The van der Waals surface area contributed by atoms with Crippen LogP contribution >= 0.6 is 11.3 Å². The molecule has 4 rings (SSSR count). The largest absolute Gasteiger partial charge is 0.391 e. The van der Waals surface area contributed by atoms with Crippen molar-refractivity contribution in [1.82, 2.24) is 9.55 Å². The van der Waals surface area contributed by atoms with E-state index in [2.05, 4.69) is 4.57 Å². The third kappa shape index (κ3) is 1.73. The number of hydrogen-bond acceptors (Lipinski definition) is 3. The van der Waals surface area contributed by atoms with Crippen molar-refractivity contribution < 1.29 is 4.39 Å². The second-order valence-electron chi connectivity index (χ2n) is 5.33. The van der Waals surface area contributed by atoms with Crippen LogP contribution in [0.25, 0.3) is 21.7 Å². The van der Waals surface area contributed by atoms with Crippen molar-refractivity contribution in [3.63, 3.8) is 0 Å². The van der Waals surface area contributed by atoms with E-state index in [4.69, 9.17) is 10.7 Å². The van der Waals surface area contributed by atoms with Crippen LogP contribution in [0.4, 0.5) is 9.39 Å². The molecule has 5 heteroatoms. The number of anilines is 1. The van der Waals surface area contributed by atoms with E-state index in [-0.39, 0.29) is 5.82 Å². The molecule has 1 aromatic carbocycles. The minimum absolute atomic E-state index is 0.215. The van der Waals surface area contributed by atoms with E-state index in [1.165, 1.54) is 6.07 Å². The summed E-state index contributed by atoms with van der Waals surface area (Å²) in [5, 5.41) is 0.790. The summed E-state index contributed by atoms with van der Waals surface area (Å²) in [4.78, 5) is 5.80. The molecule has 0 spiro atoms. The number of thiophene rings is 1. The van der Waals surface area contributed by atoms with Gasteiger partial charge in [-0.05, 0) is 49.6 Å². The number of fused-ring (bicyclic) bond motifs is 1. The number of aromatic nitrogens is 2. The first-order chi connectivity index (χ1) is 9.63. The van der Waals surface area contributed by atoms with Crippen LogP contribution in [0.15, 0.2) is 24.3 Å². The topological polar surface area (TPSA) is 43.8 Å². The highest BCUT2D eigenvalue weighted by atomic mass is 32.1. The molecule has 20 heavy (non-hydrogen) atoms. The van der Waals surface area contributed by atoms with Crippen LogP contribution in [0.1, 0.15) is 24.4 Å². The van der Waals surface area contributed by atoms with Gasteiger partial charge >= 0.3 is 0 Å². The predicted octanol–water partition coefficient (Wildman–Crippen LogP) is 4.13. The fourth-order valence-corrected chi connectivity index (χ4v) is 3.58. The minimum atomic E-state index is -0.215. The molecule has 2 heterocycles. The number of rotatable bonds is 2. The van der Waals surface area contributed by atoms with Crippen LogP contribution in [0, 0.1) is 12.7 Å². The van der Waals surface area contributed by atoms with Crippen molar-refractivity contribution in [2.24, 2.45) is 0 Å². The van der Waals surface area contributed by atoms with Crippen molar-refractivity contribution in [2.45, 2.75) is 25.8 Å². The fourth-order valence-electron chi connectivity index (χ4n) is 2.66. The Morgan fingerprint density at radius 1 is 1.35 bits per heavy atom. The Morgan fingerprint density at radius 3 is 2.80 bits per heavy atom. The van der Waals surface area contributed by atoms with Gasteiger partial charge < -0.3 is 10.3 Å². The van der Waals surface area contributed by atoms with Gasteiger partial charge in [-0.3, -0.25) is 0 Å². The van der Waals surface area contributed by atoms with Gasteiger partial charge in [0.05, 0.1) is 20.9 Å². The molecule has 0 amide bonds. The number of benzene rings is 1. The van der Waals surface area contributed by atoms with E-state index in [1.54, 1.807) is 23.5 Å². The quantitative estimate of drug-likeness (QED) is 0.770. The van der Waals surface area contributed by atoms with Gasteiger partial charge in [-0.15, -0.1) is 11.3 Å². The van der Waals surface area contributed by atoms with Crippen molar-refractivity contribution in [2.75, 3.05) is 5.73 Å². The summed E-state index contributed by atoms with van der Waals surface area (Å²) < 4.78 is 15.7. The molecular weight excluding hydrogens is 273 g/mol. The molecule has 0 saturated heterocycles. The molecule has 1 saturated carbocycles. The summed E-state index contributed by atoms with van der Waals surface area (Å²) in [5.74, 6) is 0.709. The first-order valence-corrected chi connectivity index (χ1v) is 7.49. The molecule has 0 atom stereocenters. The average molecular weight is 287 g/mol. The molecule has 1 aliphatic carbocycles. The smallest absolute Gasteiger partial charge is 0.151 e. The van der Waals surface area contributed by atoms with Crippen LogP contribution in [-0.4, -0.2) is 9.55 Å². The minimum Gasteiger partial charge on any atom is -0.391 e. The predicted molar refractivity (Wildman–Crippen MR) is 80.4 cm³/mol. The Morgan fingerprint density at radius 2 is 2.15 bits per heavy atom. The van der Waals surface area contributed by atoms with E-state index in [0.29, 0.717) is 6.04 Å². The van der Waals surface area contributed by atoms with Gasteiger partial charge in [-0.2, -0.15) is 0 Å². The number of nitrogens with two attached hydrogens (primary N) is 1. The maximum atomic E-state index is 13.5. The van der Waals surface area contributed by atoms with Gasteiger partial charge in [0.25, 0.3) is 0 Å². The number of halogens is 1. The maximum absolute atomic E-state index is 13.5. The Kier molecular flexibility index (Phi) is 2.41. The Bertz CT molecular complexity index is 814. The molecule has 0 radical (unpaired) electrons. The van der Waals surface area contributed by atoms with Gasteiger partial charge in [0, 0.05) is 6.04 Å². The Balaban J connectivity index is 2.03. The number of hydrogen-bond donors (Lipinski definition) is 1. The summed E-state index contributed by atoms with van der Waals surface area (Å²) in [6.45, 7) is 2.04. The standard InChI is InChI=1S/C15H14FN3S/c1-8-6-13(17)20-14(8)15-18-11-5-2-9(16)7-12(11)19(15)10-3-4-10/h2,5-7,10H,3-4,17H2,1H3. The number of nitrogen functional groups attached to an aromatic ring is 1. The Labute approximate surface area is 119 Å². The third-order valence-electron chi connectivity index (χ3n) is 3.70. The molecule has 2 N–H and O–H groups in total. The van der Waals surface area contributed by atoms with Crippen LogP contribution in [0.5, 0.6) is 0 Å². The van der Waals surface area contributed by atoms with Crippen LogP contribution in [-0.2, 0) is 0 Å². The molecule has 3 aromatic rings. The number of aryl methyl sites for hydroxylation is 1. The lowest BCUT2D eigenvalue weighted by atomic mass is 10.2. The Hall–Kier alpha value is -1.88. The first-order valence-electron chi connectivity index (χ1n) is 6.67. The van der Waals surface area contributed by atoms with Crippen LogP contribution < -0.4 is 5.73 Å². The second-order valence-corrected chi connectivity index (χ2v) is 6.41. The molecule has 102 valence electrons. The second kappa shape index (κ2) is 4.06. The summed E-state index contributed by atoms with van der Waals surface area (Å²) >= 11 is 1.55. The summed E-state index contributed by atoms with van der Waals surface area (Å²) in [5.41, 5.74) is 8.76. The van der Waals surface area contributed by atoms with Crippen LogP contribution in [0.2, 0.25) is 0 Å². The van der Waals surface area contributed by atoms with Crippen LogP contribution in [0.3, 0.4) is 0 Å². The lowest BCUT2D eigenvalue weighted by Gasteiger charge is -2.06. The lowest BCUT2D eigenvalue weighted by molar-refractivity contribution is 0.628. The summed E-state index contributed by atoms with van der Waals surface area (Å²) in [7, 11) is 0. The highest BCUT2D eigenvalue weighted by molar-refractivity contribution is 7.19. The summed E-state index contributed by atoms with van der Waals surface area (Å²) in [6, 6.07) is 7.21. The molecule has 0 bridgehead atoms. The SMILES string of the molecule is Cc1cc(N)sc1-c1nc2ccc(F)cc2n1C1CC1. The van der Waals surface area contributed by atoms with Gasteiger partial charge in [0.15, 0.2) is 5.82 Å². The molecule has 1 aliphatic rings. The average Bonchev–Trinajstić information content (AvgIpc) is 3.08. The zero-order chi connectivity index (χ0) is 13.9. The third-order valence-corrected chi connectivity index (χ3v) is 4.77. The van der Waals surface area contributed by atoms with Gasteiger partial charge in [-0.25, -0.2) is 9.37 Å². The zero-order valence-corrected chi connectivity index (χ0v) is 11.9. The normalized spacial score (nSPS) is 15.1. The highest BCUT2D eigenvalue weighted by Gasteiger charge is 2.29. The highest BCUT2D eigenvalue weighted by Crippen LogP contribution is 2.43. The van der Waals surface area contributed by atoms with E-state index in [0.717, 1.165) is 45.1 Å². The summed E-state index contributed by atoms with van der Waals surface area (Å²) in [6.07, 6.45) is 2.27. The van der Waals surface area contributed by atoms with Crippen molar-refractivity contribution in [3.8, 4) is 10.7 Å². The van der Waals surface area contributed by atoms with E-state index in [9.17, 15) is 4.39 Å². The van der Waals surface area contributed by atoms with Crippen molar-refractivity contribution in [3.05, 3.63) is 35.6 Å². The molecule has 0 unspecified atom stereocenters. The van der Waals surface area contributed by atoms with Gasteiger partial charge in [-0.1, -0.05) is 0 Å². The lowest BCUT2D eigenvalue weighted by Crippen LogP contribution is -1.97. The fraction of sp³-hybridized carbons (Fsp3) is 0.267. The molecule has 2 aromatic heterocycles. The van der Waals surface area contributed by atoms with Crippen molar-refractivity contribution in [1.29, 1.82) is 0 Å². The molecular formula is C15H14FN3S. The number of imidazole rings is 1. The zero-order valence-electron chi connectivity index (χ0n) is 11.1. The van der Waals surface area contributed by atoms with E-state index in [1.807, 2.05) is 13.0 Å². The van der Waals surface area contributed by atoms with Crippen molar-refractivity contribution >= 4 is 27.4 Å². The number of nitrogens with zero attached hydrogens (tertiary/aromatic N) is 2. The van der Waals surface area contributed by atoms with E-state index < -0.39 is 0 Å². The first kappa shape index (κ1) is 11.9. The molecule has 1 fully saturated rings. The maximum Gasteiger partial charge on any atom is 0.151 e. The van der Waals surface area contributed by atoms with Gasteiger partial charge in [0.1, 0.15) is 5.82 Å². The monoisotopic (exact) mass is 287 g/mol.